The third-order valence-electron chi connectivity index (χ3n) is 4.95. The summed E-state index contributed by atoms with van der Waals surface area (Å²) in [7, 11) is 0. The van der Waals surface area contributed by atoms with Gasteiger partial charge in [0.05, 0.1) is 29.6 Å². The highest BCUT2D eigenvalue weighted by Gasteiger charge is 2.40. The van der Waals surface area contributed by atoms with E-state index in [2.05, 4.69) is 13.8 Å². The third-order valence-corrected chi connectivity index (χ3v) is 5.50. The van der Waals surface area contributed by atoms with Crippen molar-refractivity contribution in [2.75, 3.05) is 19.5 Å². The quantitative estimate of drug-likeness (QED) is 0.830. The summed E-state index contributed by atoms with van der Waals surface area (Å²) < 4.78 is 27.7. The molecule has 1 aromatic carbocycles. The van der Waals surface area contributed by atoms with Crippen molar-refractivity contribution in [3.05, 3.63) is 29.3 Å². The maximum absolute atomic E-state index is 14.1. The van der Waals surface area contributed by atoms with E-state index in [1.807, 2.05) is 10.9 Å². The van der Waals surface area contributed by atoms with Gasteiger partial charge in [-0.05, 0) is 38.7 Å². The molecule has 1 fully saturated rings. The minimum Gasteiger partial charge on any atom is -0.492 e. The average Bonchev–Trinajstić information content (AvgIpc) is 3.26. The van der Waals surface area contributed by atoms with Crippen LogP contribution in [0.25, 0.3) is 11.4 Å². The number of ether oxygens (including phenoxy) is 2. The van der Waals surface area contributed by atoms with Gasteiger partial charge in [0.1, 0.15) is 11.6 Å². The van der Waals surface area contributed by atoms with Crippen LogP contribution in [0.5, 0.6) is 5.75 Å². The molecule has 1 aromatic heterocycles. The molecule has 0 spiro atoms. The molecule has 0 saturated carbocycles. The predicted octanol–water partition coefficient (Wildman–Crippen LogP) is 3.62. The molecule has 0 N–H and O–H groups in total. The lowest BCUT2D eigenvalue weighted by molar-refractivity contribution is 0.0121. The van der Waals surface area contributed by atoms with Crippen LogP contribution in [0.15, 0.2) is 12.1 Å². The summed E-state index contributed by atoms with van der Waals surface area (Å²) in [6.45, 7) is 5.37. The van der Waals surface area contributed by atoms with Gasteiger partial charge in [-0.15, -0.1) is 0 Å². The first-order valence-electron chi connectivity index (χ1n) is 8.54. The number of fused-ring (bicyclic) bond motifs is 1. The number of hydrogen-bond acceptors (Lipinski definition) is 5. The topological polar surface area (TPSA) is 49.2 Å². The summed E-state index contributed by atoms with van der Waals surface area (Å²) in [6.07, 6.45) is 3.51. The molecule has 7 heteroatoms. The lowest BCUT2D eigenvalue weighted by atomic mass is 9.98. The van der Waals surface area contributed by atoms with Crippen molar-refractivity contribution in [3.63, 3.8) is 0 Å². The fraction of sp³-hybridized carbons (Fsp3) is 0.556. The highest BCUT2D eigenvalue weighted by Crippen LogP contribution is 2.42. The number of aromatic nitrogens is 3. The van der Waals surface area contributed by atoms with Crippen LogP contribution in [0.2, 0.25) is 0 Å². The number of rotatable bonds is 4. The first kappa shape index (κ1) is 16.8. The molecule has 2 aliphatic rings. The van der Waals surface area contributed by atoms with E-state index >= 15 is 0 Å². The predicted molar refractivity (Wildman–Crippen MR) is 95.5 cm³/mol. The Balaban J connectivity index is 1.86. The monoisotopic (exact) mass is 363 g/mol. The minimum absolute atomic E-state index is 0.0905. The maximum atomic E-state index is 14.1. The standard InChI is InChI=1S/C18H22FN3O2S/c1-18(2)14(7-9-24-18)22-17(20-15(21-22)10-25-3)12-4-5-13(19)11-6-8-23-16(11)12/h4-5,14H,6-10H2,1-3H3. The Kier molecular flexibility index (Phi) is 4.24. The van der Waals surface area contributed by atoms with E-state index in [1.165, 1.54) is 6.07 Å². The molecule has 2 aliphatic heterocycles. The highest BCUT2D eigenvalue weighted by atomic mass is 32.2. The van der Waals surface area contributed by atoms with Crippen molar-refractivity contribution in [2.24, 2.45) is 0 Å². The van der Waals surface area contributed by atoms with Crippen LogP contribution >= 0.6 is 11.8 Å². The fourth-order valence-corrected chi connectivity index (χ4v) is 4.07. The molecule has 1 unspecified atom stereocenters. The zero-order valence-electron chi connectivity index (χ0n) is 14.7. The van der Waals surface area contributed by atoms with Crippen molar-refractivity contribution in [3.8, 4) is 17.1 Å². The van der Waals surface area contributed by atoms with Crippen molar-refractivity contribution in [2.45, 2.75) is 44.1 Å². The molecule has 25 heavy (non-hydrogen) atoms. The molecular formula is C18H22FN3O2S. The zero-order valence-corrected chi connectivity index (χ0v) is 15.5. The largest absolute Gasteiger partial charge is 0.492 e. The van der Waals surface area contributed by atoms with Crippen molar-refractivity contribution in [1.29, 1.82) is 0 Å². The summed E-state index contributed by atoms with van der Waals surface area (Å²) in [6, 6.07) is 3.35. The number of nitrogens with zero attached hydrogens (tertiary/aromatic N) is 3. The second-order valence-corrected chi connectivity index (χ2v) is 7.85. The van der Waals surface area contributed by atoms with Gasteiger partial charge in [-0.25, -0.2) is 14.1 Å². The smallest absolute Gasteiger partial charge is 0.162 e. The number of thioether (sulfide) groups is 1. The highest BCUT2D eigenvalue weighted by molar-refractivity contribution is 7.97. The van der Waals surface area contributed by atoms with Crippen LogP contribution in [-0.2, 0) is 16.9 Å². The minimum atomic E-state index is -0.316. The van der Waals surface area contributed by atoms with Crippen LogP contribution in [0, 0.1) is 5.82 Å². The number of halogens is 1. The molecule has 134 valence electrons. The Bertz CT molecular complexity index is 806. The molecule has 0 amide bonds. The van der Waals surface area contributed by atoms with E-state index in [0.717, 1.165) is 29.4 Å². The first-order valence-corrected chi connectivity index (χ1v) is 9.93. The average molecular weight is 363 g/mol. The van der Waals surface area contributed by atoms with Crippen LogP contribution in [0.1, 0.15) is 37.7 Å². The SMILES string of the molecule is CSCc1nc(-c2ccc(F)c3c2OCC3)n(C2CCOC2(C)C)n1. The van der Waals surface area contributed by atoms with Gasteiger partial charge in [0.25, 0.3) is 0 Å². The molecule has 1 atom stereocenters. The Hall–Kier alpha value is -1.60. The van der Waals surface area contributed by atoms with Crippen molar-refractivity contribution < 1.29 is 13.9 Å². The van der Waals surface area contributed by atoms with Gasteiger partial charge in [0.15, 0.2) is 11.6 Å². The second-order valence-electron chi connectivity index (χ2n) is 6.99. The van der Waals surface area contributed by atoms with Crippen LogP contribution in [-0.4, -0.2) is 39.8 Å². The Morgan fingerprint density at radius 3 is 2.92 bits per heavy atom. The van der Waals surface area contributed by atoms with Gasteiger partial charge >= 0.3 is 0 Å². The molecule has 0 bridgehead atoms. The molecule has 3 heterocycles. The maximum Gasteiger partial charge on any atom is 0.162 e. The zero-order chi connectivity index (χ0) is 17.6. The van der Waals surface area contributed by atoms with Gasteiger partial charge in [0, 0.05) is 18.6 Å². The van der Waals surface area contributed by atoms with E-state index in [0.29, 0.717) is 30.9 Å². The van der Waals surface area contributed by atoms with Crippen LogP contribution in [0.3, 0.4) is 0 Å². The van der Waals surface area contributed by atoms with Crippen molar-refractivity contribution >= 4 is 11.8 Å². The summed E-state index contributed by atoms with van der Waals surface area (Å²) >= 11 is 1.68. The normalized spacial score (nSPS) is 21.4. The molecule has 0 radical (unpaired) electrons. The van der Waals surface area contributed by atoms with E-state index < -0.39 is 0 Å². The van der Waals surface area contributed by atoms with Crippen molar-refractivity contribution in [1.82, 2.24) is 14.8 Å². The molecule has 1 saturated heterocycles. The fourth-order valence-electron chi connectivity index (χ4n) is 3.69. The summed E-state index contributed by atoms with van der Waals surface area (Å²) in [5.74, 6) is 2.66. The molecule has 0 aliphatic carbocycles. The molecule has 4 rings (SSSR count). The van der Waals surface area contributed by atoms with Gasteiger partial charge in [0.2, 0.25) is 0 Å². The third kappa shape index (κ3) is 2.83. The molecule has 2 aromatic rings. The van der Waals surface area contributed by atoms with E-state index in [1.54, 1.807) is 17.8 Å². The van der Waals surface area contributed by atoms with E-state index in [9.17, 15) is 4.39 Å². The number of hydrogen-bond donors (Lipinski definition) is 0. The lowest BCUT2D eigenvalue weighted by Gasteiger charge is -2.27. The number of benzene rings is 1. The second kappa shape index (κ2) is 6.29. The summed E-state index contributed by atoms with van der Waals surface area (Å²) in [5.41, 5.74) is 1.14. The van der Waals surface area contributed by atoms with Crippen LogP contribution in [0.4, 0.5) is 4.39 Å². The Morgan fingerprint density at radius 1 is 1.36 bits per heavy atom. The molecular weight excluding hydrogens is 341 g/mol. The van der Waals surface area contributed by atoms with Crippen LogP contribution < -0.4 is 4.74 Å². The molecule has 5 nitrogen and oxygen atoms in total. The summed E-state index contributed by atoms with van der Waals surface area (Å²) in [4.78, 5) is 4.76. The Morgan fingerprint density at radius 2 is 2.20 bits per heavy atom. The lowest BCUT2D eigenvalue weighted by Crippen LogP contribution is -2.31. The summed E-state index contributed by atoms with van der Waals surface area (Å²) in [5, 5.41) is 4.76. The van der Waals surface area contributed by atoms with Gasteiger partial charge in [-0.1, -0.05) is 0 Å². The van der Waals surface area contributed by atoms with E-state index in [-0.39, 0.29) is 17.5 Å². The van der Waals surface area contributed by atoms with Gasteiger partial charge in [-0.2, -0.15) is 16.9 Å². The van der Waals surface area contributed by atoms with E-state index in [4.69, 9.17) is 19.6 Å². The Labute approximate surface area is 150 Å². The van der Waals surface area contributed by atoms with Gasteiger partial charge in [-0.3, -0.25) is 0 Å². The first-order chi connectivity index (χ1) is 12.0. The van der Waals surface area contributed by atoms with Gasteiger partial charge < -0.3 is 9.47 Å².